The SMILES string of the molecule is CC/C=C\C/C=C\C/C=C\C/C=C\C/C=C\C/C=C\C/C=C\CCCCCCCCCCCC(=O)OCC(COC(=O)CCCCCCCCCCCCCCCCC)OC(=O)CCCCCCCCCCCCCCCCCC. The summed E-state index contributed by atoms with van der Waals surface area (Å²) in [5, 5.41) is 0. The van der Waals surface area contributed by atoms with Crippen LogP contribution in [0.5, 0.6) is 0 Å². The van der Waals surface area contributed by atoms with Crippen molar-refractivity contribution in [2.75, 3.05) is 13.2 Å². The molecule has 0 bridgehead atoms. The van der Waals surface area contributed by atoms with Crippen LogP contribution in [0.15, 0.2) is 85.1 Å². The molecule has 0 aliphatic heterocycles. The van der Waals surface area contributed by atoms with E-state index in [0.29, 0.717) is 19.3 Å². The number of carbonyl (C=O) groups is 3. The Morgan fingerprint density at radius 1 is 0.263 bits per heavy atom. The predicted octanol–water partition coefficient (Wildman–Crippen LogP) is 23.8. The van der Waals surface area contributed by atoms with Gasteiger partial charge < -0.3 is 14.2 Å². The van der Waals surface area contributed by atoms with Crippen molar-refractivity contribution < 1.29 is 28.6 Å². The van der Waals surface area contributed by atoms with E-state index in [4.69, 9.17) is 14.2 Å². The summed E-state index contributed by atoms with van der Waals surface area (Å²) >= 11 is 0. The maximum absolute atomic E-state index is 12.9. The zero-order chi connectivity index (χ0) is 57.8. The summed E-state index contributed by atoms with van der Waals surface area (Å²) in [5.41, 5.74) is 0. The molecular weight excluding hydrogens is 985 g/mol. The minimum atomic E-state index is -0.776. The number of hydrogen-bond acceptors (Lipinski definition) is 6. The first kappa shape index (κ1) is 76.6. The van der Waals surface area contributed by atoms with Crippen LogP contribution in [0, 0.1) is 0 Å². The Labute approximate surface area is 496 Å². The van der Waals surface area contributed by atoms with Crippen LogP contribution in [-0.4, -0.2) is 37.2 Å². The molecule has 0 saturated heterocycles. The molecule has 6 heteroatoms. The molecule has 80 heavy (non-hydrogen) atoms. The molecular formula is C74H130O6. The van der Waals surface area contributed by atoms with Gasteiger partial charge in [0.15, 0.2) is 6.10 Å². The fourth-order valence-electron chi connectivity index (χ4n) is 10.0. The molecule has 462 valence electrons. The van der Waals surface area contributed by atoms with Crippen molar-refractivity contribution in [2.45, 2.75) is 354 Å². The molecule has 0 rings (SSSR count). The van der Waals surface area contributed by atoms with Crippen molar-refractivity contribution in [3.05, 3.63) is 85.1 Å². The van der Waals surface area contributed by atoms with Gasteiger partial charge in [0.2, 0.25) is 0 Å². The van der Waals surface area contributed by atoms with Crippen molar-refractivity contribution in [1.29, 1.82) is 0 Å². The molecule has 0 heterocycles. The van der Waals surface area contributed by atoms with Gasteiger partial charge in [-0.1, -0.05) is 337 Å². The molecule has 0 saturated carbocycles. The van der Waals surface area contributed by atoms with Crippen LogP contribution >= 0.6 is 0 Å². The Morgan fingerprint density at radius 2 is 0.487 bits per heavy atom. The monoisotopic (exact) mass is 1110 g/mol. The van der Waals surface area contributed by atoms with Gasteiger partial charge in [-0.2, -0.15) is 0 Å². The van der Waals surface area contributed by atoms with E-state index in [1.807, 2.05) is 0 Å². The lowest BCUT2D eigenvalue weighted by Crippen LogP contribution is -2.30. The highest BCUT2D eigenvalue weighted by Gasteiger charge is 2.19. The Kier molecular flexibility index (Phi) is 65.2. The molecule has 0 aliphatic rings. The van der Waals surface area contributed by atoms with Gasteiger partial charge >= 0.3 is 17.9 Å². The van der Waals surface area contributed by atoms with Crippen LogP contribution < -0.4 is 0 Å². The normalized spacial score (nSPS) is 12.6. The van der Waals surface area contributed by atoms with Crippen LogP contribution in [0.25, 0.3) is 0 Å². The third kappa shape index (κ3) is 65.4. The van der Waals surface area contributed by atoms with E-state index in [1.54, 1.807) is 0 Å². The molecule has 6 nitrogen and oxygen atoms in total. The second-order valence-electron chi connectivity index (χ2n) is 23.1. The third-order valence-electron chi connectivity index (χ3n) is 15.2. The number of rotatable bonds is 63. The number of allylic oxidation sites excluding steroid dienone is 14. The van der Waals surface area contributed by atoms with E-state index in [2.05, 4.69) is 106 Å². The molecule has 0 radical (unpaired) electrons. The fraction of sp³-hybridized carbons (Fsp3) is 0.770. The summed E-state index contributed by atoms with van der Waals surface area (Å²) in [5.74, 6) is -0.857. The van der Waals surface area contributed by atoms with E-state index >= 15 is 0 Å². The number of ether oxygens (including phenoxy) is 3. The summed E-state index contributed by atoms with van der Waals surface area (Å²) in [7, 11) is 0. The van der Waals surface area contributed by atoms with Gasteiger partial charge in [0.05, 0.1) is 0 Å². The fourth-order valence-corrected chi connectivity index (χ4v) is 10.0. The van der Waals surface area contributed by atoms with E-state index in [9.17, 15) is 14.4 Å². The first-order chi connectivity index (χ1) is 39.5. The van der Waals surface area contributed by atoms with E-state index in [-0.39, 0.29) is 31.1 Å². The van der Waals surface area contributed by atoms with Crippen molar-refractivity contribution in [2.24, 2.45) is 0 Å². The first-order valence-electron chi connectivity index (χ1n) is 34.6. The summed E-state index contributed by atoms with van der Waals surface area (Å²) in [6.07, 6.45) is 90.2. The lowest BCUT2D eigenvalue weighted by Gasteiger charge is -2.18. The zero-order valence-corrected chi connectivity index (χ0v) is 53.1. The second kappa shape index (κ2) is 68.1. The molecule has 1 atom stereocenters. The summed E-state index contributed by atoms with van der Waals surface area (Å²) in [6, 6.07) is 0. The van der Waals surface area contributed by atoms with Crippen molar-refractivity contribution in [1.82, 2.24) is 0 Å². The van der Waals surface area contributed by atoms with Crippen LogP contribution in [0.3, 0.4) is 0 Å². The molecule has 0 amide bonds. The quantitative estimate of drug-likeness (QED) is 0.0261. The Hall–Kier alpha value is -3.41. The van der Waals surface area contributed by atoms with Crippen LogP contribution in [0.4, 0.5) is 0 Å². The van der Waals surface area contributed by atoms with Gasteiger partial charge in [-0.25, -0.2) is 0 Å². The van der Waals surface area contributed by atoms with Gasteiger partial charge in [0, 0.05) is 19.3 Å². The summed E-state index contributed by atoms with van der Waals surface area (Å²) in [6.45, 7) is 6.57. The van der Waals surface area contributed by atoms with E-state index < -0.39 is 6.10 Å². The minimum Gasteiger partial charge on any atom is -0.462 e. The molecule has 0 aromatic carbocycles. The minimum absolute atomic E-state index is 0.0721. The number of carbonyl (C=O) groups excluding carboxylic acids is 3. The summed E-state index contributed by atoms with van der Waals surface area (Å²) < 4.78 is 17.0. The Morgan fingerprint density at radius 3 is 0.762 bits per heavy atom. The highest BCUT2D eigenvalue weighted by molar-refractivity contribution is 5.71. The smallest absolute Gasteiger partial charge is 0.306 e. The van der Waals surface area contributed by atoms with E-state index in [1.165, 1.54) is 199 Å². The van der Waals surface area contributed by atoms with Gasteiger partial charge in [-0.05, 0) is 77.0 Å². The molecule has 0 spiro atoms. The maximum Gasteiger partial charge on any atom is 0.306 e. The average molecular weight is 1120 g/mol. The topological polar surface area (TPSA) is 78.9 Å². The highest BCUT2D eigenvalue weighted by Crippen LogP contribution is 2.18. The van der Waals surface area contributed by atoms with Gasteiger partial charge in [-0.3, -0.25) is 14.4 Å². The maximum atomic E-state index is 12.9. The number of unbranched alkanes of at least 4 members (excludes halogenated alkanes) is 38. The predicted molar refractivity (Wildman–Crippen MR) is 348 cm³/mol. The number of hydrogen-bond donors (Lipinski definition) is 0. The van der Waals surface area contributed by atoms with Crippen molar-refractivity contribution >= 4 is 17.9 Å². The molecule has 0 aromatic heterocycles. The van der Waals surface area contributed by atoms with Crippen LogP contribution in [0.2, 0.25) is 0 Å². The molecule has 0 N–H and O–H groups in total. The highest BCUT2D eigenvalue weighted by atomic mass is 16.6. The number of esters is 3. The largest absolute Gasteiger partial charge is 0.462 e. The van der Waals surface area contributed by atoms with Crippen LogP contribution in [-0.2, 0) is 28.6 Å². The van der Waals surface area contributed by atoms with Crippen molar-refractivity contribution in [3.8, 4) is 0 Å². The lowest BCUT2D eigenvalue weighted by molar-refractivity contribution is -0.167. The molecule has 0 aliphatic carbocycles. The average Bonchev–Trinajstić information content (AvgIpc) is 3.46. The standard InChI is InChI=1S/C74H130O6/c1-4-7-10-13-16-19-22-25-28-30-31-32-33-34-35-36-37-38-39-40-41-42-43-44-47-49-52-55-58-61-64-67-73(76)79-70-71(69-78-72(75)66-63-60-57-54-51-48-45-27-24-21-18-15-12-9-6-3)80-74(77)68-65-62-59-56-53-50-46-29-26-23-20-17-14-11-8-5-2/h7,10,16,19,25,28,31-32,34-35,37-38,40-41,71H,4-6,8-9,11-15,17-18,20-24,26-27,29-30,33,36,39,42-70H2,1-3H3/b10-7-,19-16-,28-25-,32-31-,35-34-,38-37-,41-40-. The molecule has 1 unspecified atom stereocenters. The molecule has 0 aromatic rings. The first-order valence-corrected chi connectivity index (χ1v) is 34.6. The lowest BCUT2D eigenvalue weighted by atomic mass is 10.0. The van der Waals surface area contributed by atoms with E-state index in [0.717, 1.165) is 109 Å². The Bertz CT molecular complexity index is 1520. The van der Waals surface area contributed by atoms with Gasteiger partial charge in [0.1, 0.15) is 13.2 Å². The van der Waals surface area contributed by atoms with Gasteiger partial charge in [-0.15, -0.1) is 0 Å². The summed E-state index contributed by atoms with van der Waals surface area (Å²) in [4.78, 5) is 38.4. The van der Waals surface area contributed by atoms with Gasteiger partial charge in [0.25, 0.3) is 0 Å². The molecule has 0 fully saturated rings. The second-order valence-corrected chi connectivity index (χ2v) is 23.1. The zero-order valence-electron chi connectivity index (χ0n) is 53.1. The Balaban J connectivity index is 4.27. The van der Waals surface area contributed by atoms with Crippen molar-refractivity contribution in [3.63, 3.8) is 0 Å². The van der Waals surface area contributed by atoms with Crippen LogP contribution in [0.1, 0.15) is 348 Å². The third-order valence-corrected chi connectivity index (χ3v) is 15.2.